The van der Waals surface area contributed by atoms with Gasteiger partial charge in [0.25, 0.3) is 0 Å². The molecule has 0 aliphatic carbocycles. The number of hydrogen-bond acceptors (Lipinski definition) is 2. The van der Waals surface area contributed by atoms with Gasteiger partial charge in [-0.1, -0.05) is 43.9 Å². The van der Waals surface area contributed by atoms with Crippen molar-refractivity contribution in [2.75, 3.05) is 20.2 Å². The molecule has 0 aliphatic heterocycles. The monoisotopic (exact) mass is 259 g/mol. The summed E-state index contributed by atoms with van der Waals surface area (Å²) in [7, 11) is 2.15. The van der Waals surface area contributed by atoms with Gasteiger partial charge in [-0.05, 0) is 37.6 Å². The van der Waals surface area contributed by atoms with E-state index in [1.54, 1.807) is 0 Å². The molecule has 0 fully saturated rings. The fraction of sp³-hybridized carbons (Fsp3) is 0.529. The second-order valence-corrected chi connectivity index (χ2v) is 5.35. The molecule has 0 unspecified atom stereocenters. The Labute approximate surface area is 117 Å². The van der Waals surface area contributed by atoms with Gasteiger partial charge in [-0.25, -0.2) is 0 Å². The van der Waals surface area contributed by atoms with Crippen LogP contribution in [-0.2, 0) is 6.54 Å². The zero-order valence-electron chi connectivity index (χ0n) is 12.3. The summed E-state index contributed by atoms with van der Waals surface area (Å²) < 4.78 is 0. The van der Waals surface area contributed by atoms with Crippen molar-refractivity contribution in [3.05, 3.63) is 35.4 Å². The second kappa shape index (κ2) is 8.74. The van der Waals surface area contributed by atoms with Crippen LogP contribution < -0.4 is 0 Å². The van der Waals surface area contributed by atoms with Crippen LogP contribution in [0.3, 0.4) is 0 Å². The van der Waals surface area contributed by atoms with Crippen LogP contribution in [0.1, 0.15) is 37.8 Å². The minimum absolute atomic E-state index is 0.128. The molecule has 0 radical (unpaired) electrons. The molecular weight excluding hydrogens is 234 g/mol. The topological polar surface area (TPSA) is 23.5 Å². The van der Waals surface area contributed by atoms with E-state index >= 15 is 0 Å². The van der Waals surface area contributed by atoms with Gasteiger partial charge in [-0.15, -0.1) is 0 Å². The lowest BCUT2D eigenvalue weighted by molar-refractivity contribution is 0.303. The van der Waals surface area contributed by atoms with E-state index in [1.807, 2.05) is 6.07 Å². The molecule has 0 bridgehead atoms. The zero-order chi connectivity index (χ0) is 14.1. The molecule has 0 aliphatic rings. The lowest BCUT2D eigenvalue weighted by Gasteiger charge is -2.18. The van der Waals surface area contributed by atoms with E-state index in [0.29, 0.717) is 6.42 Å². The third kappa shape index (κ3) is 6.42. The van der Waals surface area contributed by atoms with E-state index < -0.39 is 0 Å². The van der Waals surface area contributed by atoms with Crippen LogP contribution in [-0.4, -0.2) is 30.2 Å². The van der Waals surface area contributed by atoms with Gasteiger partial charge in [0.15, 0.2) is 0 Å². The van der Waals surface area contributed by atoms with Crippen LogP contribution in [0.2, 0.25) is 0 Å². The Bertz CT molecular complexity index is 428. The Morgan fingerprint density at radius 1 is 1.26 bits per heavy atom. The third-order valence-electron chi connectivity index (χ3n) is 3.01. The fourth-order valence-corrected chi connectivity index (χ4v) is 1.84. The van der Waals surface area contributed by atoms with Gasteiger partial charge in [0.05, 0.1) is 6.61 Å². The molecule has 19 heavy (non-hydrogen) atoms. The molecule has 1 rings (SSSR count). The average Bonchev–Trinajstić information content (AvgIpc) is 2.39. The minimum atomic E-state index is 0.128. The molecule has 0 spiro atoms. The standard InChI is InChI=1S/C17H25NO/c1-15(2)11-12-18(3)14-17-10-5-4-8-16(17)9-6-7-13-19/h4-5,8,10,15,19H,7,11-14H2,1-3H3. The number of benzene rings is 1. The highest BCUT2D eigenvalue weighted by Crippen LogP contribution is 2.11. The fourth-order valence-electron chi connectivity index (χ4n) is 1.84. The van der Waals surface area contributed by atoms with Crippen LogP contribution in [0.4, 0.5) is 0 Å². The SMILES string of the molecule is CC(C)CCN(C)Cc1ccccc1C#CCCO. The maximum absolute atomic E-state index is 8.77. The van der Waals surface area contributed by atoms with Gasteiger partial charge in [0.1, 0.15) is 0 Å². The first kappa shape index (κ1) is 15.8. The van der Waals surface area contributed by atoms with Crippen LogP contribution >= 0.6 is 0 Å². The van der Waals surface area contributed by atoms with E-state index in [1.165, 1.54) is 12.0 Å². The van der Waals surface area contributed by atoms with Crippen molar-refractivity contribution in [2.24, 2.45) is 5.92 Å². The summed E-state index contributed by atoms with van der Waals surface area (Å²) in [6.07, 6.45) is 1.76. The maximum atomic E-state index is 8.77. The molecule has 0 saturated heterocycles. The van der Waals surface area contributed by atoms with Gasteiger partial charge in [-0.2, -0.15) is 0 Å². The van der Waals surface area contributed by atoms with Gasteiger partial charge in [0, 0.05) is 18.5 Å². The lowest BCUT2D eigenvalue weighted by atomic mass is 10.1. The molecule has 0 aromatic heterocycles. The van der Waals surface area contributed by atoms with Gasteiger partial charge in [-0.3, -0.25) is 0 Å². The quantitative estimate of drug-likeness (QED) is 0.794. The lowest BCUT2D eigenvalue weighted by Crippen LogP contribution is -2.20. The largest absolute Gasteiger partial charge is 0.395 e. The summed E-state index contributed by atoms with van der Waals surface area (Å²) in [6, 6.07) is 8.26. The first-order valence-corrected chi connectivity index (χ1v) is 6.99. The minimum Gasteiger partial charge on any atom is -0.395 e. The third-order valence-corrected chi connectivity index (χ3v) is 3.01. The molecule has 2 nitrogen and oxygen atoms in total. The van der Waals surface area contributed by atoms with Gasteiger partial charge in [0.2, 0.25) is 0 Å². The van der Waals surface area contributed by atoms with Crippen molar-refractivity contribution in [3.63, 3.8) is 0 Å². The van der Waals surface area contributed by atoms with E-state index in [9.17, 15) is 0 Å². The molecule has 0 atom stereocenters. The van der Waals surface area contributed by atoms with Crippen molar-refractivity contribution >= 4 is 0 Å². The smallest absolute Gasteiger partial charge is 0.0540 e. The molecule has 0 heterocycles. The van der Waals surface area contributed by atoms with E-state index in [4.69, 9.17) is 5.11 Å². The number of aliphatic hydroxyl groups excluding tert-OH is 1. The maximum Gasteiger partial charge on any atom is 0.0540 e. The summed E-state index contributed by atoms with van der Waals surface area (Å²) in [6.45, 7) is 6.67. The molecule has 1 aromatic rings. The highest BCUT2D eigenvalue weighted by Gasteiger charge is 2.04. The Hall–Kier alpha value is -1.30. The summed E-state index contributed by atoms with van der Waals surface area (Å²) in [5.74, 6) is 6.88. The number of nitrogens with zero attached hydrogens (tertiary/aromatic N) is 1. The van der Waals surface area contributed by atoms with Crippen LogP contribution in [0.25, 0.3) is 0 Å². The van der Waals surface area contributed by atoms with E-state index in [0.717, 1.165) is 24.6 Å². The Morgan fingerprint density at radius 3 is 2.68 bits per heavy atom. The van der Waals surface area contributed by atoms with Crippen molar-refractivity contribution in [3.8, 4) is 11.8 Å². The Morgan fingerprint density at radius 2 is 2.00 bits per heavy atom. The predicted molar refractivity (Wildman–Crippen MR) is 80.8 cm³/mol. The van der Waals surface area contributed by atoms with Crippen molar-refractivity contribution in [1.29, 1.82) is 0 Å². The molecule has 2 heteroatoms. The van der Waals surface area contributed by atoms with Gasteiger partial charge < -0.3 is 10.0 Å². The first-order valence-electron chi connectivity index (χ1n) is 6.99. The Balaban J connectivity index is 2.65. The van der Waals surface area contributed by atoms with Crippen LogP contribution in [0.15, 0.2) is 24.3 Å². The number of rotatable bonds is 6. The molecule has 104 valence electrons. The zero-order valence-corrected chi connectivity index (χ0v) is 12.3. The molecule has 0 amide bonds. The molecule has 1 aromatic carbocycles. The first-order chi connectivity index (χ1) is 9.13. The van der Waals surface area contributed by atoms with Crippen molar-refractivity contribution in [2.45, 2.75) is 33.2 Å². The summed E-state index contributed by atoms with van der Waals surface area (Å²) in [4.78, 5) is 2.34. The van der Waals surface area contributed by atoms with Crippen molar-refractivity contribution < 1.29 is 5.11 Å². The predicted octanol–water partition coefficient (Wildman–Crippen LogP) is 2.90. The van der Waals surface area contributed by atoms with E-state index in [-0.39, 0.29) is 6.61 Å². The Kier molecular flexibility index (Phi) is 7.25. The normalized spacial score (nSPS) is 10.6. The summed E-state index contributed by atoms with van der Waals surface area (Å²) >= 11 is 0. The van der Waals surface area contributed by atoms with Crippen LogP contribution in [0.5, 0.6) is 0 Å². The average molecular weight is 259 g/mol. The highest BCUT2D eigenvalue weighted by atomic mass is 16.2. The van der Waals surface area contributed by atoms with E-state index in [2.05, 4.69) is 55.8 Å². The van der Waals surface area contributed by atoms with Crippen molar-refractivity contribution in [1.82, 2.24) is 4.90 Å². The number of aliphatic hydroxyl groups is 1. The number of hydrogen-bond donors (Lipinski definition) is 1. The summed E-state index contributed by atoms with van der Waals surface area (Å²) in [5, 5.41) is 8.77. The highest BCUT2D eigenvalue weighted by molar-refractivity contribution is 5.41. The molecule has 1 N–H and O–H groups in total. The van der Waals surface area contributed by atoms with Gasteiger partial charge >= 0.3 is 0 Å². The summed E-state index contributed by atoms with van der Waals surface area (Å²) in [5.41, 5.74) is 2.34. The second-order valence-electron chi connectivity index (χ2n) is 5.35. The van der Waals surface area contributed by atoms with Crippen LogP contribution in [0, 0.1) is 17.8 Å². The molecular formula is C17H25NO. The molecule has 0 saturated carbocycles.